The Labute approximate surface area is 185 Å². The van der Waals surface area contributed by atoms with Crippen LogP contribution in [0.2, 0.25) is 0 Å². The fourth-order valence-electron chi connectivity index (χ4n) is 3.17. The van der Waals surface area contributed by atoms with Crippen LogP contribution in [0.4, 0.5) is 0 Å². The van der Waals surface area contributed by atoms with Crippen LogP contribution < -0.4 is 20.7 Å². The Morgan fingerprint density at radius 2 is 1.93 bits per heavy atom. The van der Waals surface area contributed by atoms with Gasteiger partial charge in [-0.05, 0) is 44.9 Å². The fourth-order valence-corrected chi connectivity index (χ4v) is 3.17. The molecule has 1 aromatic carbocycles. The van der Waals surface area contributed by atoms with E-state index in [1.54, 1.807) is 26.3 Å². The average Bonchev–Trinajstić information content (AvgIpc) is 2.70. The predicted octanol–water partition coefficient (Wildman–Crippen LogP) is 2.08. The summed E-state index contributed by atoms with van der Waals surface area (Å²) in [6.07, 6.45) is 2.23. The molecule has 0 bridgehead atoms. The highest BCUT2D eigenvalue weighted by Crippen LogP contribution is 2.13. The Kier molecular flexibility index (Phi) is 11.2. The number of halogens is 1. The molecule has 0 radical (unpaired) electrons. The Hall–Kier alpha value is -1.55. The Bertz CT molecular complexity index is 631. The summed E-state index contributed by atoms with van der Waals surface area (Å²) in [6, 6.07) is 8.18. The second kappa shape index (κ2) is 12.8. The molecule has 7 nitrogen and oxygen atoms in total. The quantitative estimate of drug-likeness (QED) is 0.230. The van der Waals surface area contributed by atoms with Crippen molar-refractivity contribution in [3.05, 3.63) is 29.8 Å². The summed E-state index contributed by atoms with van der Waals surface area (Å²) in [5.74, 6) is 1.35. The van der Waals surface area contributed by atoms with E-state index < -0.39 is 0 Å². The molecule has 1 heterocycles. The number of nitrogens with zero attached hydrogens (tertiary/aromatic N) is 2. The SMILES string of the molecule is CN=C(NCCNC(=O)c1cccc(OC)c1)NC1CCN(C(C)C)CC1.I. The molecule has 8 heteroatoms. The van der Waals surface area contributed by atoms with E-state index in [1.807, 2.05) is 12.1 Å². The minimum absolute atomic E-state index is 0. The number of methoxy groups -OCH3 is 1. The molecule has 1 aromatic rings. The van der Waals surface area contributed by atoms with Crippen molar-refractivity contribution in [1.82, 2.24) is 20.9 Å². The van der Waals surface area contributed by atoms with Crippen molar-refractivity contribution in [2.75, 3.05) is 40.3 Å². The van der Waals surface area contributed by atoms with Crippen LogP contribution in [0.1, 0.15) is 37.0 Å². The van der Waals surface area contributed by atoms with Crippen LogP contribution in [0, 0.1) is 0 Å². The molecule has 0 saturated carbocycles. The van der Waals surface area contributed by atoms with Gasteiger partial charge in [-0.15, -0.1) is 24.0 Å². The number of hydrogen-bond acceptors (Lipinski definition) is 4. The van der Waals surface area contributed by atoms with Gasteiger partial charge in [0.15, 0.2) is 5.96 Å². The van der Waals surface area contributed by atoms with Crippen LogP contribution >= 0.6 is 24.0 Å². The van der Waals surface area contributed by atoms with Gasteiger partial charge >= 0.3 is 0 Å². The first kappa shape index (κ1) is 24.5. The average molecular weight is 503 g/mol. The van der Waals surface area contributed by atoms with Crippen LogP contribution in [-0.4, -0.2) is 69.2 Å². The molecule has 0 spiro atoms. The van der Waals surface area contributed by atoms with Crippen molar-refractivity contribution < 1.29 is 9.53 Å². The normalized spacial score (nSPS) is 15.7. The van der Waals surface area contributed by atoms with E-state index in [4.69, 9.17) is 4.74 Å². The molecule has 0 unspecified atom stereocenters. The molecule has 158 valence electrons. The molecule has 1 saturated heterocycles. The Balaban J connectivity index is 0.00000392. The molecular formula is C20H34IN5O2. The number of ether oxygens (including phenoxy) is 1. The minimum Gasteiger partial charge on any atom is -0.497 e. The molecule has 1 aliphatic heterocycles. The molecule has 0 atom stereocenters. The topological polar surface area (TPSA) is 78.0 Å². The summed E-state index contributed by atoms with van der Waals surface area (Å²) < 4.78 is 5.15. The second-order valence-corrected chi connectivity index (χ2v) is 7.04. The number of rotatable bonds is 7. The zero-order chi connectivity index (χ0) is 19.6. The zero-order valence-corrected chi connectivity index (χ0v) is 19.7. The summed E-state index contributed by atoms with van der Waals surface area (Å²) in [7, 11) is 3.36. The van der Waals surface area contributed by atoms with Gasteiger partial charge in [0.25, 0.3) is 5.91 Å². The highest BCUT2D eigenvalue weighted by molar-refractivity contribution is 14.0. The molecular weight excluding hydrogens is 469 g/mol. The first-order valence-corrected chi connectivity index (χ1v) is 9.67. The maximum Gasteiger partial charge on any atom is 0.251 e. The van der Waals surface area contributed by atoms with Gasteiger partial charge in [-0.25, -0.2) is 0 Å². The van der Waals surface area contributed by atoms with Crippen molar-refractivity contribution >= 4 is 35.8 Å². The molecule has 28 heavy (non-hydrogen) atoms. The van der Waals surface area contributed by atoms with E-state index in [0.717, 1.165) is 31.9 Å². The van der Waals surface area contributed by atoms with E-state index in [-0.39, 0.29) is 29.9 Å². The summed E-state index contributed by atoms with van der Waals surface area (Å²) >= 11 is 0. The third kappa shape index (κ3) is 7.83. The van der Waals surface area contributed by atoms with E-state index >= 15 is 0 Å². The number of amides is 1. The highest BCUT2D eigenvalue weighted by Gasteiger charge is 2.21. The largest absolute Gasteiger partial charge is 0.497 e. The van der Waals surface area contributed by atoms with Gasteiger partial charge in [0.05, 0.1) is 7.11 Å². The number of piperidine rings is 1. The molecule has 0 aliphatic carbocycles. The van der Waals surface area contributed by atoms with Crippen molar-refractivity contribution in [3.63, 3.8) is 0 Å². The van der Waals surface area contributed by atoms with Gasteiger partial charge in [0.1, 0.15) is 5.75 Å². The highest BCUT2D eigenvalue weighted by atomic mass is 127. The lowest BCUT2D eigenvalue weighted by Gasteiger charge is -2.35. The van der Waals surface area contributed by atoms with Gasteiger partial charge in [-0.1, -0.05) is 6.07 Å². The molecule has 1 aliphatic rings. The number of nitrogens with one attached hydrogen (secondary N) is 3. The summed E-state index contributed by atoms with van der Waals surface area (Å²) in [5.41, 5.74) is 0.591. The number of carbonyl (C=O) groups excluding carboxylic acids is 1. The predicted molar refractivity (Wildman–Crippen MR) is 125 cm³/mol. The van der Waals surface area contributed by atoms with Crippen LogP contribution in [0.3, 0.4) is 0 Å². The van der Waals surface area contributed by atoms with Gasteiger partial charge in [0, 0.05) is 50.9 Å². The lowest BCUT2D eigenvalue weighted by molar-refractivity contribution is 0.0954. The third-order valence-corrected chi connectivity index (χ3v) is 4.86. The summed E-state index contributed by atoms with van der Waals surface area (Å²) in [5, 5.41) is 9.65. The van der Waals surface area contributed by atoms with Crippen LogP contribution in [0.15, 0.2) is 29.3 Å². The first-order valence-electron chi connectivity index (χ1n) is 9.67. The Morgan fingerprint density at radius 3 is 2.54 bits per heavy atom. The molecule has 1 amide bonds. The van der Waals surface area contributed by atoms with Crippen molar-refractivity contribution in [1.29, 1.82) is 0 Å². The number of aliphatic imine (C=N–C) groups is 1. The lowest BCUT2D eigenvalue weighted by atomic mass is 10.0. The maximum absolute atomic E-state index is 12.2. The van der Waals surface area contributed by atoms with Gasteiger partial charge in [-0.2, -0.15) is 0 Å². The van der Waals surface area contributed by atoms with Crippen molar-refractivity contribution in [2.45, 2.75) is 38.8 Å². The lowest BCUT2D eigenvalue weighted by Crippen LogP contribution is -2.50. The smallest absolute Gasteiger partial charge is 0.251 e. The van der Waals surface area contributed by atoms with E-state index in [9.17, 15) is 4.79 Å². The van der Waals surface area contributed by atoms with E-state index in [1.165, 1.54) is 0 Å². The second-order valence-electron chi connectivity index (χ2n) is 7.04. The molecule has 2 rings (SSSR count). The minimum atomic E-state index is -0.111. The Morgan fingerprint density at radius 1 is 1.25 bits per heavy atom. The number of guanidine groups is 1. The molecule has 3 N–H and O–H groups in total. The maximum atomic E-state index is 12.2. The molecule has 0 aromatic heterocycles. The van der Waals surface area contributed by atoms with Gasteiger partial charge < -0.3 is 25.6 Å². The van der Waals surface area contributed by atoms with E-state index in [0.29, 0.717) is 36.5 Å². The summed E-state index contributed by atoms with van der Waals surface area (Å²) in [6.45, 7) is 7.84. The summed E-state index contributed by atoms with van der Waals surface area (Å²) in [4.78, 5) is 19.0. The van der Waals surface area contributed by atoms with Gasteiger partial charge in [0.2, 0.25) is 0 Å². The van der Waals surface area contributed by atoms with Crippen LogP contribution in [0.25, 0.3) is 0 Å². The van der Waals surface area contributed by atoms with Gasteiger partial charge in [-0.3, -0.25) is 9.79 Å². The monoisotopic (exact) mass is 503 g/mol. The number of hydrogen-bond donors (Lipinski definition) is 3. The standard InChI is InChI=1S/C20H33N5O2.HI/c1-15(2)25-12-8-17(9-13-25)24-20(21-3)23-11-10-22-19(26)16-6-5-7-18(14-16)27-4;/h5-7,14-15,17H,8-13H2,1-4H3,(H,22,26)(H2,21,23,24);1H. The number of benzene rings is 1. The number of carbonyl (C=O) groups is 1. The van der Waals surface area contributed by atoms with Crippen molar-refractivity contribution in [3.8, 4) is 5.75 Å². The van der Waals surface area contributed by atoms with Crippen molar-refractivity contribution in [2.24, 2.45) is 4.99 Å². The third-order valence-electron chi connectivity index (χ3n) is 4.86. The number of likely N-dealkylation sites (tertiary alicyclic amines) is 1. The first-order chi connectivity index (χ1) is 13.0. The molecule has 1 fully saturated rings. The van der Waals surface area contributed by atoms with Crippen LogP contribution in [0.5, 0.6) is 5.75 Å². The van der Waals surface area contributed by atoms with E-state index in [2.05, 4.69) is 39.7 Å². The fraction of sp³-hybridized carbons (Fsp3) is 0.600. The zero-order valence-electron chi connectivity index (χ0n) is 17.3. The van der Waals surface area contributed by atoms with Crippen LogP contribution in [-0.2, 0) is 0 Å².